The van der Waals surface area contributed by atoms with Crippen LogP contribution in [0.2, 0.25) is 0 Å². The molecule has 0 bridgehead atoms. The molecule has 1 amide bonds. The first-order chi connectivity index (χ1) is 15.2. The van der Waals surface area contributed by atoms with Gasteiger partial charge in [0.1, 0.15) is 5.65 Å². The summed E-state index contributed by atoms with van der Waals surface area (Å²) in [7, 11) is 0.316. The Morgan fingerprint density at radius 1 is 1.16 bits per heavy atom. The zero-order chi connectivity index (χ0) is 22.9. The number of carbonyl (C=O) groups is 1. The average molecular weight is 454 g/mol. The van der Waals surface area contributed by atoms with Crippen molar-refractivity contribution < 1.29 is 13.2 Å². The van der Waals surface area contributed by atoms with Crippen LogP contribution in [0.4, 0.5) is 0 Å². The summed E-state index contributed by atoms with van der Waals surface area (Å²) < 4.78 is 23.7. The van der Waals surface area contributed by atoms with Crippen molar-refractivity contribution >= 4 is 26.8 Å². The lowest BCUT2D eigenvalue weighted by molar-refractivity contribution is -0.127. The highest BCUT2D eigenvalue weighted by molar-refractivity contribution is 7.90. The Hall–Kier alpha value is -2.67. The number of hydrogen-bond donors (Lipinski definition) is 1. The van der Waals surface area contributed by atoms with Gasteiger partial charge in [0.15, 0.2) is 9.84 Å². The summed E-state index contributed by atoms with van der Waals surface area (Å²) >= 11 is 0. The van der Waals surface area contributed by atoms with Crippen LogP contribution in [0.3, 0.4) is 0 Å². The molecule has 2 heterocycles. The van der Waals surface area contributed by atoms with E-state index in [1.54, 1.807) is 37.3 Å². The third kappa shape index (κ3) is 5.04. The van der Waals surface area contributed by atoms with E-state index in [-0.39, 0.29) is 5.91 Å². The molecule has 4 rings (SSSR count). The molecule has 1 N–H and O–H groups in total. The van der Waals surface area contributed by atoms with Crippen LogP contribution in [0.5, 0.6) is 0 Å². The van der Waals surface area contributed by atoms with Crippen molar-refractivity contribution in [2.24, 2.45) is 5.92 Å². The average Bonchev–Trinajstić information content (AvgIpc) is 3.40. The lowest BCUT2D eigenvalue weighted by atomic mass is 9.82. The monoisotopic (exact) mass is 453 g/mol. The lowest BCUT2D eigenvalue weighted by Gasteiger charge is -2.24. The lowest BCUT2D eigenvalue weighted by Crippen LogP contribution is -2.23. The topological polar surface area (TPSA) is 83.1 Å². The molecule has 1 aliphatic carbocycles. The molecule has 2 aromatic heterocycles. The number of pyridine rings is 1. The first-order valence-corrected chi connectivity index (χ1v) is 13.1. The van der Waals surface area contributed by atoms with Crippen molar-refractivity contribution in [1.82, 2.24) is 14.9 Å². The first kappa shape index (κ1) is 22.5. The van der Waals surface area contributed by atoms with Gasteiger partial charge in [0, 0.05) is 37.6 Å². The molecule has 1 atom stereocenters. The smallest absolute Gasteiger partial charge is 0.226 e. The highest BCUT2D eigenvalue weighted by atomic mass is 32.2. The second-order valence-corrected chi connectivity index (χ2v) is 11.3. The van der Waals surface area contributed by atoms with Gasteiger partial charge in [-0.3, -0.25) is 4.79 Å². The van der Waals surface area contributed by atoms with Gasteiger partial charge < -0.3 is 9.88 Å². The molecule has 0 spiro atoms. The maximum atomic E-state index is 12.0. The zero-order valence-electron chi connectivity index (χ0n) is 19.0. The van der Waals surface area contributed by atoms with Gasteiger partial charge in [-0.15, -0.1) is 0 Å². The molecule has 6 nitrogen and oxygen atoms in total. The predicted octanol–water partition coefficient (Wildman–Crippen LogP) is 4.11. The summed E-state index contributed by atoms with van der Waals surface area (Å²) in [4.78, 5) is 22.0. The van der Waals surface area contributed by atoms with E-state index in [4.69, 9.17) is 0 Å². The number of benzene rings is 1. The molecule has 1 aromatic carbocycles. The molecular weight excluding hydrogens is 422 g/mol. The van der Waals surface area contributed by atoms with Gasteiger partial charge in [0.05, 0.1) is 11.3 Å². The van der Waals surface area contributed by atoms with E-state index >= 15 is 0 Å². The third-order valence-corrected chi connectivity index (χ3v) is 7.71. The Bertz CT molecular complexity index is 1210. The largest absolute Gasteiger partial charge is 0.349 e. The van der Waals surface area contributed by atoms with E-state index in [2.05, 4.69) is 16.0 Å². The fraction of sp³-hybridized carbons (Fsp3) is 0.440. The fourth-order valence-electron chi connectivity index (χ4n) is 4.77. The number of rotatable bonds is 7. The molecule has 0 radical (unpaired) electrons. The van der Waals surface area contributed by atoms with Crippen molar-refractivity contribution in [3.63, 3.8) is 0 Å². The van der Waals surface area contributed by atoms with Crippen molar-refractivity contribution in [2.45, 2.75) is 49.3 Å². The minimum atomic E-state index is -3.20. The standard InChI is InChI=1S/C25H31N3O3S/c1-28(2)24(29)13-17-12-20-14-21(27-25(20)26-16-17)15-23(18-6-4-5-7-18)19-8-10-22(11-9-19)32(3,30)31/h8-12,14,16,18,23H,4-7,13,15H2,1-3H3,(H,26,27). The van der Waals surface area contributed by atoms with Gasteiger partial charge in [0.25, 0.3) is 0 Å². The molecular formula is C25H31N3O3S. The van der Waals surface area contributed by atoms with Crippen LogP contribution in [-0.2, 0) is 27.5 Å². The number of sulfone groups is 1. The van der Waals surface area contributed by atoms with Gasteiger partial charge in [-0.1, -0.05) is 25.0 Å². The second kappa shape index (κ2) is 9.06. The van der Waals surface area contributed by atoms with Crippen molar-refractivity contribution in [3.8, 4) is 0 Å². The normalized spacial score (nSPS) is 15.8. The number of nitrogens with zero attached hydrogens (tertiary/aromatic N) is 2. The van der Waals surface area contributed by atoms with Gasteiger partial charge >= 0.3 is 0 Å². The fourth-order valence-corrected chi connectivity index (χ4v) is 5.40. The summed E-state index contributed by atoms with van der Waals surface area (Å²) in [6.45, 7) is 0. The number of carbonyl (C=O) groups excluding carboxylic acids is 1. The number of H-pyrrole nitrogens is 1. The number of aromatic nitrogens is 2. The Balaban J connectivity index is 1.60. The van der Waals surface area contributed by atoms with Crippen LogP contribution >= 0.6 is 0 Å². The molecule has 1 saturated carbocycles. The summed E-state index contributed by atoms with van der Waals surface area (Å²) in [5.41, 5.74) is 4.05. The second-order valence-electron chi connectivity index (χ2n) is 9.24. The Labute approximate surface area is 190 Å². The van der Waals surface area contributed by atoms with Crippen molar-refractivity contribution in [3.05, 3.63) is 59.4 Å². The van der Waals surface area contributed by atoms with E-state index in [9.17, 15) is 13.2 Å². The van der Waals surface area contributed by atoms with Gasteiger partial charge in [-0.05, 0) is 66.5 Å². The molecule has 0 aliphatic heterocycles. The summed E-state index contributed by atoms with van der Waals surface area (Å²) in [6.07, 6.45) is 9.11. The Morgan fingerprint density at radius 3 is 2.47 bits per heavy atom. The van der Waals surface area contributed by atoms with Crippen molar-refractivity contribution in [2.75, 3.05) is 20.4 Å². The van der Waals surface area contributed by atoms with Gasteiger partial charge in [-0.2, -0.15) is 0 Å². The quantitative estimate of drug-likeness (QED) is 0.583. The molecule has 32 heavy (non-hydrogen) atoms. The predicted molar refractivity (Wildman–Crippen MR) is 126 cm³/mol. The first-order valence-electron chi connectivity index (χ1n) is 11.2. The number of likely N-dealkylation sites (N-methyl/N-ethyl adjacent to an activating group) is 1. The zero-order valence-corrected chi connectivity index (χ0v) is 19.8. The minimum Gasteiger partial charge on any atom is -0.349 e. The molecule has 0 saturated heterocycles. The van der Waals surface area contributed by atoms with Crippen LogP contribution in [0.15, 0.2) is 47.5 Å². The number of nitrogens with one attached hydrogen (secondary N) is 1. The SMILES string of the molecule is CN(C)C(=O)Cc1cnc2[nH]c(CC(c3ccc(S(C)(=O)=O)cc3)C3CCCC3)cc2c1. The van der Waals surface area contributed by atoms with Crippen molar-refractivity contribution in [1.29, 1.82) is 0 Å². The molecule has 1 fully saturated rings. The van der Waals surface area contributed by atoms with E-state index < -0.39 is 9.84 Å². The number of amides is 1. The molecule has 1 unspecified atom stereocenters. The van der Waals surface area contributed by atoms with Gasteiger partial charge in [-0.25, -0.2) is 13.4 Å². The highest BCUT2D eigenvalue weighted by Gasteiger charge is 2.27. The molecule has 1 aliphatic rings. The number of fused-ring (bicyclic) bond motifs is 1. The van der Waals surface area contributed by atoms with Crippen LogP contribution in [0.1, 0.15) is 48.4 Å². The van der Waals surface area contributed by atoms with Crippen LogP contribution in [0, 0.1) is 5.92 Å². The summed E-state index contributed by atoms with van der Waals surface area (Å²) in [6, 6.07) is 11.6. The molecule has 7 heteroatoms. The highest BCUT2D eigenvalue weighted by Crippen LogP contribution is 2.39. The maximum absolute atomic E-state index is 12.0. The minimum absolute atomic E-state index is 0.0562. The summed E-state index contributed by atoms with van der Waals surface area (Å²) in [5, 5.41) is 1.02. The van der Waals surface area contributed by atoms with Crippen LogP contribution in [-0.4, -0.2) is 49.5 Å². The van der Waals surface area contributed by atoms with E-state index in [1.165, 1.54) is 37.5 Å². The van der Waals surface area contributed by atoms with Crippen LogP contribution in [0.25, 0.3) is 11.0 Å². The summed E-state index contributed by atoms with van der Waals surface area (Å²) in [5.74, 6) is 0.974. The van der Waals surface area contributed by atoms with Gasteiger partial charge in [0.2, 0.25) is 5.91 Å². The van der Waals surface area contributed by atoms with E-state index in [1.807, 2.05) is 18.2 Å². The molecule has 170 valence electrons. The Kier molecular flexibility index (Phi) is 6.38. The number of aromatic amines is 1. The maximum Gasteiger partial charge on any atom is 0.226 e. The molecule has 3 aromatic rings. The van der Waals surface area contributed by atoms with E-state index in [0.717, 1.165) is 28.7 Å². The van der Waals surface area contributed by atoms with E-state index in [0.29, 0.717) is 23.2 Å². The van der Waals surface area contributed by atoms with Crippen LogP contribution < -0.4 is 0 Å². The third-order valence-electron chi connectivity index (χ3n) is 6.58. The Morgan fingerprint density at radius 2 is 1.84 bits per heavy atom. The number of hydrogen-bond acceptors (Lipinski definition) is 4.